The Balaban J connectivity index is 1.66. The first-order valence-corrected chi connectivity index (χ1v) is 9.82. The molecular weight excluding hydrogens is 358 g/mol. The van der Waals surface area contributed by atoms with Crippen LogP contribution in [0.2, 0.25) is 0 Å². The molecule has 1 aliphatic heterocycles. The Morgan fingerprint density at radius 1 is 1.21 bits per heavy atom. The largest absolute Gasteiger partial charge is 0.459 e. The van der Waals surface area contributed by atoms with Crippen molar-refractivity contribution in [3.8, 4) is 0 Å². The van der Waals surface area contributed by atoms with Crippen LogP contribution in [0.1, 0.15) is 58.3 Å². The third-order valence-electron chi connectivity index (χ3n) is 5.15. The van der Waals surface area contributed by atoms with Gasteiger partial charge in [-0.25, -0.2) is 4.79 Å². The van der Waals surface area contributed by atoms with E-state index in [9.17, 15) is 14.4 Å². The molecular formula is C21H27N3O4. The summed E-state index contributed by atoms with van der Waals surface area (Å²) in [5.74, 6) is -0.0916. The lowest BCUT2D eigenvalue weighted by Gasteiger charge is -2.25. The molecule has 2 aromatic rings. The van der Waals surface area contributed by atoms with Gasteiger partial charge in [0.1, 0.15) is 23.4 Å². The average molecular weight is 385 g/mol. The standard InChI is InChI=1S/C21H27N3O4/c1-4-10-21(11-5-2)19(26)24(20(27)23-21)13-18(25)22-14(3)17-12-15-8-6-7-9-16(15)28-17/h6-9,12,14H,4-5,10-11,13H2,1-3H3,(H,22,25)(H,23,27). The lowest BCUT2D eigenvalue weighted by molar-refractivity contribution is -0.135. The van der Waals surface area contributed by atoms with Crippen LogP contribution in [0, 0.1) is 0 Å². The molecule has 1 fully saturated rings. The van der Waals surface area contributed by atoms with Crippen molar-refractivity contribution in [1.29, 1.82) is 0 Å². The second-order valence-corrected chi connectivity index (χ2v) is 7.38. The van der Waals surface area contributed by atoms with E-state index < -0.39 is 17.5 Å². The zero-order valence-corrected chi connectivity index (χ0v) is 16.6. The molecule has 28 heavy (non-hydrogen) atoms. The van der Waals surface area contributed by atoms with Gasteiger partial charge in [0, 0.05) is 5.39 Å². The molecule has 3 rings (SSSR count). The lowest BCUT2D eigenvalue weighted by Crippen LogP contribution is -2.47. The molecule has 1 aromatic heterocycles. The Morgan fingerprint density at radius 2 is 1.89 bits per heavy atom. The second kappa shape index (κ2) is 8.04. The highest BCUT2D eigenvalue weighted by molar-refractivity contribution is 6.09. The van der Waals surface area contributed by atoms with Crippen LogP contribution in [0.3, 0.4) is 0 Å². The molecule has 0 radical (unpaired) electrons. The van der Waals surface area contributed by atoms with Crippen molar-refractivity contribution in [2.75, 3.05) is 6.54 Å². The van der Waals surface area contributed by atoms with E-state index in [2.05, 4.69) is 10.6 Å². The number of para-hydroxylation sites is 1. The highest BCUT2D eigenvalue weighted by Gasteiger charge is 2.50. The summed E-state index contributed by atoms with van der Waals surface area (Å²) < 4.78 is 5.77. The molecule has 1 atom stereocenters. The topological polar surface area (TPSA) is 91.7 Å². The van der Waals surface area contributed by atoms with Gasteiger partial charge in [-0.1, -0.05) is 44.9 Å². The summed E-state index contributed by atoms with van der Waals surface area (Å²) in [7, 11) is 0. The van der Waals surface area contributed by atoms with Gasteiger partial charge in [0.15, 0.2) is 0 Å². The van der Waals surface area contributed by atoms with Gasteiger partial charge in [-0.15, -0.1) is 0 Å². The zero-order chi connectivity index (χ0) is 20.3. The minimum absolute atomic E-state index is 0.301. The van der Waals surface area contributed by atoms with Crippen molar-refractivity contribution in [2.45, 2.75) is 58.0 Å². The maximum atomic E-state index is 12.9. The minimum atomic E-state index is -0.884. The molecule has 2 N–H and O–H groups in total. The number of furan rings is 1. The van der Waals surface area contributed by atoms with Gasteiger partial charge >= 0.3 is 6.03 Å². The van der Waals surface area contributed by atoms with Gasteiger partial charge in [0.25, 0.3) is 5.91 Å². The minimum Gasteiger partial charge on any atom is -0.459 e. The van der Waals surface area contributed by atoms with Crippen molar-refractivity contribution in [3.63, 3.8) is 0 Å². The molecule has 2 heterocycles. The predicted octanol–water partition coefficient (Wildman–Crippen LogP) is 3.50. The smallest absolute Gasteiger partial charge is 0.325 e. The second-order valence-electron chi connectivity index (χ2n) is 7.38. The molecule has 0 spiro atoms. The van der Waals surface area contributed by atoms with Crippen LogP contribution in [0.5, 0.6) is 0 Å². The summed E-state index contributed by atoms with van der Waals surface area (Å²) in [5, 5.41) is 6.58. The zero-order valence-electron chi connectivity index (χ0n) is 16.6. The van der Waals surface area contributed by atoms with E-state index in [1.165, 1.54) is 0 Å². The quantitative estimate of drug-likeness (QED) is 0.680. The molecule has 1 aromatic carbocycles. The predicted molar refractivity (Wildman–Crippen MR) is 106 cm³/mol. The van der Waals surface area contributed by atoms with Gasteiger partial charge in [-0.3, -0.25) is 14.5 Å². The Kier molecular flexibility index (Phi) is 5.72. The molecule has 0 saturated carbocycles. The van der Waals surface area contributed by atoms with Crippen molar-refractivity contribution in [2.24, 2.45) is 0 Å². The number of carbonyl (C=O) groups is 3. The number of carbonyl (C=O) groups excluding carboxylic acids is 3. The fourth-order valence-corrected chi connectivity index (χ4v) is 3.85. The highest BCUT2D eigenvalue weighted by atomic mass is 16.3. The number of benzene rings is 1. The van der Waals surface area contributed by atoms with Crippen LogP contribution >= 0.6 is 0 Å². The Labute approximate surface area is 164 Å². The summed E-state index contributed by atoms with van der Waals surface area (Å²) in [4.78, 5) is 38.7. The van der Waals surface area contributed by atoms with Gasteiger partial charge in [-0.05, 0) is 31.9 Å². The van der Waals surface area contributed by atoms with Crippen molar-refractivity contribution in [3.05, 3.63) is 36.1 Å². The molecule has 1 unspecified atom stereocenters. The molecule has 7 nitrogen and oxygen atoms in total. The van der Waals surface area contributed by atoms with E-state index >= 15 is 0 Å². The molecule has 0 bridgehead atoms. The van der Waals surface area contributed by atoms with E-state index in [1.807, 2.05) is 44.2 Å². The Hall–Kier alpha value is -2.83. The summed E-state index contributed by atoms with van der Waals surface area (Å²) in [6, 6.07) is 8.60. The number of amides is 4. The first-order chi connectivity index (χ1) is 13.4. The van der Waals surface area contributed by atoms with Crippen molar-refractivity contribution >= 4 is 28.8 Å². The Morgan fingerprint density at radius 3 is 2.54 bits per heavy atom. The van der Waals surface area contributed by atoms with Gasteiger partial charge in [-0.2, -0.15) is 0 Å². The van der Waals surface area contributed by atoms with Crippen LogP contribution in [-0.4, -0.2) is 34.8 Å². The van der Waals surface area contributed by atoms with Crippen LogP contribution in [0.4, 0.5) is 4.79 Å². The number of hydrogen-bond donors (Lipinski definition) is 2. The third kappa shape index (κ3) is 3.74. The number of nitrogens with zero attached hydrogens (tertiary/aromatic N) is 1. The first kappa shape index (κ1) is 19.9. The number of urea groups is 1. The number of imide groups is 1. The van der Waals surface area contributed by atoms with E-state index in [1.54, 1.807) is 6.92 Å². The van der Waals surface area contributed by atoms with Crippen molar-refractivity contribution < 1.29 is 18.8 Å². The number of fused-ring (bicyclic) bond motifs is 1. The summed E-state index contributed by atoms with van der Waals surface area (Å²) in [6.45, 7) is 5.45. The molecule has 4 amide bonds. The number of hydrogen-bond acceptors (Lipinski definition) is 4. The molecule has 1 saturated heterocycles. The normalized spacial score (nSPS) is 17.0. The Bertz CT molecular complexity index is 850. The molecule has 7 heteroatoms. The third-order valence-corrected chi connectivity index (χ3v) is 5.15. The number of nitrogens with one attached hydrogen (secondary N) is 2. The van der Waals surface area contributed by atoms with Gasteiger partial charge in [0.2, 0.25) is 5.91 Å². The van der Waals surface area contributed by atoms with E-state index in [4.69, 9.17) is 4.42 Å². The highest BCUT2D eigenvalue weighted by Crippen LogP contribution is 2.28. The van der Waals surface area contributed by atoms with Crippen LogP contribution in [-0.2, 0) is 9.59 Å². The van der Waals surface area contributed by atoms with E-state index in [0.717, 1.165) is 28.7 Å². The maximum absolute atomic E-state index is 12.9. The van der Waals surface area contributed by atoms with E-state index in [0.29, 0.717) is 18.6 Å². The van der Waals surface area contributed by atoms with Crippen LogP contribution < -0.4 is 10.6 Å². The fraction of sp³-hybridized carbons (Fsp3) is 0.476. The van der Waals surface area contributed by atoms with Crippen LogP contribution in [0.25, 0.3) is 11.0 Å². The maximum Gasteiger partial charge on any atom is 0.325 e. The first-order valence-electron chi connectivity index (χ1n) is 9.82. The lowest BCUT2D eigenvalue weighted by atomic mass is 9.88. The van der Waals surface area contributed by atoms with Crippen LogP contribution in [0.15, 0.2) is 34.7 Å². The molecule has 0 aliphatic carbocycles. The molecule has 1 aliphatic rings. The summed E-state index contributed by atoms with van der Waals surface area (Å²) >= 11 is 0. The molecule has 150 valence electrons. The van der Waals surface area contributed by atoms with Gasteiger partial charge < -0.3 is 15.1 Å². The monoisotopic (exact) mass is 385 g/mol. The average Bonchev–Trinajstić information content (AvgIpc) is 3.18. The summed E-state index contributed by atoms with van der Waals surface area (Å²) in [6.07, 6.45) is 2.68. The van der Waals surface area contributed by atoms with Crippen molar-refractivity contribution in [1.82, 2.24) is 15.5 Å². The SMILES string of the molecule is CCCC1(CCC)NC(=O)N(CC(=O)NC(C)c2cc3ccccc3o2)C1=O. The fourth-order valence-electron chi connectivity index (χ4n) is 3.85. The van der Waals surface area contributed by atoms with E-state index in [-0.39, 0.29) is 18.5 Å². The summed E-state index contributed by atoms with van der Waals surface area (Å²) in [5.41, 5.74) is -0.137. The number of rotatable bonds is 8. The van der Waals surface area contributed by atoms with Gasteiger partial charge in [0.05, 0.1) is 6.04 Å².